The zero-order valence-electron chi connectivity index (χ0n) is 14.1. The Morgan fingerprint density at radius 2 is 1.96 bits per heavy atom. The molecule has 2 aromatic rings. The van der Waals surface area contributed by atoms with Gasteiger partial charge >= 0.3 is 0 Å². The van der Waals surface area contributed by atoms with Crippen LogP contribution in [0.2, 0.25) is 0 Å². The van der Waals surface area contributed by atoms with Crippen molar-refractivity contribution in [1.82, 2.24) is 19.9 Å². The van der Waals surface area contributed by atoms with Crippen LogP contribution < -0.4 is 0 Å². The topological polar surface area (TPSA) is 71.7 Å². The van der Waals surface area contributed by atoms with Gasteiger partial charge in [-0.15, -0.1) is 0 Å². The molecule has 2 aliphatic rings. The van der Waals surface area contributed by atoms with Gasteiger partial charge in [0, 0.05) is 38.3 Å². The van der Waals surface area contributed by atoms with Gasteiger partial charge in [0.25, 0.3) is 5.91 Å². The lowest BCUT2D eigenvalue weighted by Gasteiger charge is -2.35. The first-order chi connectivity index (χ1) is 12.3. The van der Waals surface area contributed by atoms with Gasteiger partial charge < -0.3 is 14.2 Å². The highest BCUT2D eigenvalue weighted by atomic mass is 16.5. The second-order valence-corrected chi connectivity index (χ2v) is 6.48. The number of carbonyl (C=O) groups excluding carboxylic acids is 1. The molecule has 0 aliphatic carbocycles. The molecule has 7 nitrogen and oxygen atoms in total. The number of rotatable bonds is 4. The highest BCUT2D eigenvalue weighted by Crippen LogP contribution is 2.18. The molecule has 1 aromatic heterocycles. The van der Waals surface area contributed by atoms with E-state index in [-0.39, 0.29) is 12.0 Å². The first-order valence-electron chi connectivity index (χ1n) is 8.80. The van der Waals surface area contributed by atoms with Crippen molar-refractivity contribution in [2.45, 2.75) is 25.5 Å². The summed E-state index contributed by atoms with van der Waals surface area (Å²) in [5.41, 5.74) is 0.949. The van der Waals surface area contributed by atoms with Crippen molar-refractivity contribution >= 4 is 5.91 Å². The quantitative estimate of drug-likeness (QED) is 0.840. The second-order valence-electron chi connectivity index (χ2n) is 6.48. The number of benzene rings is 1. The second kappa shape index (κ2) is 7.33. The molecular weight excluding hydrogens is 320 g/mol. The van der Waals surface area contributed by atoms with Crippen molar-refractivity contribution in [3.63, 3.8) is 0 Å². The SMILES string of the molecule is O=C([C@H]1CCCO1)N1CCN(Cc2nc(-c3ccccc3)no2)CC1. The summed E-state index contributed by atoms with van der Waals surface area (Å²) >= 11 is 0. The monoisotopic (exact) mass is 342 g/mol. The van der Waals surface area contributed by atoms with Gasteiger partial charge in [0.2, 0.25) is 11.7 Å². The fraction of sp³-hybridized carbons (Fsp3) is 0.500. The van der Waals surface area contributed by atoms with E-state index in [0.717, 1.165) is 44.6 Å². The minimum absolute atomic E-state index is 0.140. The van der Waals surface area contributed by atoms with Crippen LogP contribution in [0, 0.1) is 0 Å². The molecule has 0 radical (unpaired) electrons. The molecule has 1 amide bonds. The molecule has 132 valence electrons. The summed E-state index contributed by atoms with van der Waals surface area (Å²) in [5.74, 6) is 1.36. The van der Waals surface area contributed by atoms with Crippen LogP contribution in [0.5, 0.6) is 0 Å². The summed E-state index contributed by atoms with van der Waals surface area (Å²) in [4.78, 5) is 21.0. The summed E-state index contributed by atoms with van der Waals surface area (Å²) < 4.78 is 10.9. The third kappa shape index (κ3) is 3.72. The number of nitrogens with zero attached hydrogens (tertiary/aromatic N) is 4. The Hall–Kier alpha value is -2.25. The molecular formula is C18H22N4O3. The lowest BCUT2D eigenvalue weighted by molar-refractivity contribution is -0.142. The maximum atomic E-state index is 12.4. The van der Waals surface area contributed by atoms with Crippen LogP contribution in [0.4, 0.5) is 0 Å². The van der Waals surface area contributed by atoms with E-state index in [2.05, 4.69) is 15.0 Å². The molecule has 0 bridgehead atoms. The van der Waals surface area contributed by atoms with Gasteiger partial charge in [0.1, 0.15) is 6.10 Å². The van der Waals surface area contributed by atoms with E-state index in [1.54, 1.807) is 0 Å². The normalized spacial score (nSPS) is 21.6. The van der Waals surface area contributed by atoms with Crippen molar-refractivity contribution in [2.75, 3.05) is 32.8 Å². The molecule has 0 saturated carbocycles. The molecule has 4 rings (SSSR count). The number of amides is 1. The Morgan fingerprint density at radius 1 is 1.16 bits per heavy atom. The van der Waals surface area contributed by atoms with E-state index in [0.29, 0.717) is 24.9 Å². The van der Waals surface area contributed by atoms with Crippen molar-refractivity contribution in [3.8, 4) is 11.4 Å². The average Bonchev–Trinajstić information content (AvgIpc) is 3.35. The summed E-state index contributed by atoms with van der Waals surface area (Å²) in [6.45, 7) is 4.37. The van der Waals surface area contributed by atoms with Gasteiger partial charge in [-0.1, -0.05) is 35.5 Å². The number of aromatic nitrogens is 2. The Bertz CT molecular complexity index is 704. The summed E-state index contributed by atoms with van der Waals surface area (Å²) in [6.07, 6.45) is 1.61. The van der Waals surface area contributed by atoms with Gasteiger partial charge in [-0.3, -0.25) is 9.69 Å². The summed E-state index contributed by atoms with van der Waals surface area (Å²) in [7, 11) is 0. The molecule has 0 spiro atoms. The molecule has 25 heavy (non-hydrogen) atoms. The highest BCUT2D eigenvalue weighted by molar-refractivity contribution is 5.81. The van der Waals surface area contributed by atoms with Gasteiger partial charge in [-0.25, -0.2) is 0 Å². The smallest absolute Gasteiger partial charge is 0.251 e. The third-order valence-electron chi connectivity index (χ3n) is 4.75. The van der Waals surface area contributed by atoms with Gasteiger partial charge in [-0.2, -0.15) is 4.98 Å². The summed E-state index contributed by atoms with van der Waals surface area (Å²) in [5, 5.41) is 4.05. The molecule has 1 aromatic carbocycles. The van der Waals surface area contributed by atoms with Crippen LogP contribution in [0.1, 0.15) is 18.7 Å². The fourth-order valence-corrected chi connectivity index (χ4v) is 3.32. The Morgan fingerprint density at radius 3 is 2.68 bits per heavy atom. The minimum Gasteiger partial charge on any atom is -0.368 e. The van der Waals surface area contributed by atoms with Crippen molar-refractivity contribution in [1.29, 1.82) is 0 Å². The molecule has 2 aliphatic heterocycles. The summed E-state index contributed by atoms with van der Waals surface area (Å²) in [6, 6.07) is 9.79. The van der Waals surface area contributed by atoms with E-state index < -0.39 is 0 Å². The van der Waals surface area contributed by atoms with E-state index in [1.807, 2.05) is 35.2 Å². The Labute approximate surface area is 146 Å². The van der Waals surface area contributed by atoms with Crippen LogP contribution in [0.15, 0.2) is 34.9 Å². The number of piperazine rings is 1. The first-order valence-corrected chi connectivity index (χ1v) is 8.80. The lowest BCUT2D eigenvalue weighted by atomic mass is 10.2. The molecule has 7 heteroatoms. The molecule has 2 fully saturated rings. The largest absolute Gasteiger partial charge is 0.368 e. The maximum Gasteiger partial charge on any atom is 0.251 e. The Kier molecular flexibility index (Phi) is 4.76. The predicted molar refractivity (Wildman–Crippen MR) is 90.6 cm³/mol. The van der Waals surface area contributed by atoms with E-state index in [4.69, 9.17) is 9.26 Å². The number of carbonyl (C=O) groups is 1. The van der Waals surface area contributed by atoms with Crippen LogP contribution in [-0.4, -0.2) is 64.7 Å². The predicted octanol–water partition coefficient (Wildman–Crippen LogP) is 1.56. The number of ether oxygens (including phenoxy) is 1. The molecule has 2 saturated heterocycles. The Balaban J connectivity index is 1.30. The van der Waals surface area contributed by atoms with Crippen LogP contribution in [-0.2, 0) is 16.1 Å². The van der Waals surface area contributed by atoms with Crippen molar-refractivity contribution in [3.05, 3.63) is 36.2 Å². The van der Waals surface area contributed by atoms with E-state index in [9.17, 15) is 4.79 Å². The zero-order valence-corrected chi connectivity index (χ0v) is 14.1. The standard InChI is InChI=1S/C18H22N4O3/c23-18(15-7-4-12-24-15)22-10-8-21(9-11-22)13-16-19-17(20-25-16)14-5-2-1-3-6-14/h1-3,5-6,15H,4,7-13H2/t15-/m1/s1. The van der Waals surface area contributed by atoms with Crippen molar-refractivity contribution < 1.29 is 14.1 Å². The van der Waals surface area contributed by atoms with Gasteiger partial charge in [0.05, 0.1) is 6.54 Å². The van der Waals surface area contributed by atoms with Crippen LogP contribution >= 0.6 is 0 Å². The number of hydrogen-bond donors (Lipinski definition) is 0. The minimum atomic E-state index is -0.226. The van der Waals surface area contributed by atoms with Gasteiger partial charge in [-0.05, 0) is 12.8 Å². The molecule has 1 atom stereocenters. The molecule has 0 unspecified atom stereocenters. The molecule has 3 heterocycles. The fourth-order valence-electron chi connectivity index (χ4n) is 3.32. The van der Waals surface area contributed by atoms with E-state index >= 15 is 0 Å². The average molecular weight is 342 g/mol. The third-order valence-corrected chi connectivity index (χ3v) is 4.75. The van der Waals surface area contributed by atoms with Gasteiger partial charge in [0.15, 0.2) is 0 Å². The van der Waals surface area contributed by atoms with Crippen molar-refractivity contribution in [2.24, 2.45) is 0 Å². The number of hydrogen-bond acceptors (Lipinski definition) is 6. The van der Waals surface area contributed by atoms with E-state index in [1.165, 1.54) is 0 Å². The first kappa shape index (κ1) is 16.2. The van der Waals surface area contributed by atoms with Crippen LogP contribution in [0.25, 0.3) is 11.4 Å². The van der Waals surface area contributed by atoms with Crippen LogP contribution in [0.3, 0.4) is 0 Å². The zero-order chi connectivity index (χ0) is 17.1. The lowest BCUT2D eigenvalue weighted by Crippen LogP contribution is -2.51. The maximum absolute atomic E-state index is 12.4. The molecule has 0 N–H and O–H groups in total. The highest BCUT2D eigenvalue weighted by Gasteiger charge is 2.30.